The van der Waals surface area contributed by atoms with Crippen molar-refractivity contribution in [2.75, 3.05) is 47.9 Å². The van der Waals surface area contributed by atoms with Crippen LogP contribution in [0.2, 0.25) is 0 Å². The van der Waals surface area contributed by atoms with Gasteiger partial charge in [-0.15, -0.1) is 11.3 Å². The van der Waals surface area contributed by atoms with Crippen LogP contribution in [0.25, 0.3) is 20.2 Å². The topological polar surface area (TPSA) is 35.2 Å². The van der Waals surface area contributed by atoms with Crippen LogP contribution in [0, 0.1) is 5.92 Å². The molecule has 0 aliphatic rings. The molecule has 0 radical (unpaired) electrons. The quantitative estimate of drug-likeness (QED) is 0.306. The third kappa shape index (κ3) is 7.03. The molecule has 0 fully saturated rings. The van der Waals surface area contributed by atoms with Crippen molar-refractivity contribution in [3.8, 4) is 5.75 Å². The van der Waals surface area contributed by atoms with Crippen molar-refractivity contribution in [3.63, 3.8) is 0 Å². The van der Waals surface area contributed by atoms with Gasteiger partial charge in [0.25, 0.3) is 0 Å². The highest BCUT2D eigenvalue weighted by atomic mass is 32.1. The van der Waals surface area contributed by atoms with E-state index in [0.29, 0.717) is 12.5 Å². The number of fused-ring (bicyclic) bond motifs is 2. The minimum Gasteiger partial charge on any atom is -0.492 e. The number of rotatable bonds is 13. The van der Waals surface area contributed by atoms with Crippen molar-refractivity contribution >= 4 is 31.5 Å². The normalized spacial score (nSPS) is 12.0. The van der Waals surface area contributed by atoms with Crippen LogP contribution in [0.4, 0.5) is 0 Å². The summed E-state index contributed by atoms with van der Waals surface area (Å²) in [5, 5.41) is 1.53. The molecular weight excluding hydrogens is 416 g/mol. The highest BCUT2D eigenvalue weighted by molar-refractivity contribution is 7.24. The molecule has 0 saturated carbocycles. The van der Waals surface area contributed by atoms with E-state index in [9.17, 15) is 4.79 Å². The van der Waals surface area contributed by atoms with E-state index in [0.717, 1.165) is 25.9 Å². The fraction of sp³-hybridized carbons (Fsp3) is 0.519. The van der Waals surface area contributed by atoms with Crippen LogP contribution in [0.5, 0.6) is 5.75 Å². The Labute approximate surface area is 196 Å². The molecular formula is C27H40N2O2S+2. The summed E-state index contributed by atoms with van der Waals surface area (Å²) < 4.78 is 8.40. The average Bonchev–Trinajstić information content (AvgIpc) is 2.77. The molecule has 0 aliphatic carbocycles. The lowest BCUT2D eigenvalue weighted by atomic mass is 9.96. The maximum atomic E-state index is 13.2. The third-order valence-corrected chi connectivity index (χ3v) is 7.26. The van der Waals surface area contributed by atoms with Crippen LogP contribution in [-0.4, -0.2) is 47.9 Å². The molecule has 0 saturated heterocycles. The van der Waals surface area contributed by atoms with Gasteiger partial charge in [-0.1, -0.05) is 18.2 Å². The Balaban J connectivity index is 1.71. The maximum absolute atomic E-state index is 13.2. The lowest BCUT2D eigenvalue weighted by Gasteiger charge is -2.19. The zero-order valence-corrected chi connectivity index (χ0v) is 21.0. The average molecular weight is 457 g/mol. The molecule has 0 amide bonds. The standard InChI is InChI=1S/C27H38N2O2S/c1-28(2)18-9-7-12-21(13-8-10-19-29(3)4)20-31-23-15-11-17-25-26(23)27(30)22-14-5-6-16-24(22)32-25/h5-6,11,14-17,21H,7-10,12-13,18-20H2,1-4H3/p+2. The van der Waals surface area contributed by atoms with Crippen molar-refractivity contribution < 1.29 is 14.5 Å². The third-order valence-electron chi connectivity index (χ3n) is 6.12. The first kappa shape index (κ1) is 24.7. The van der Waals surface area contributed by atoms with Gasteiger partial charge in [0.15, 0.2) is 5.43 Å². The number of hydrogen-bond acceptors (Lipinski definition) is 3. The summed E-state index contributed by atoms with van der Waals surface area (Å²) >= 11 is 1.67. The molecule has 2 aromatic carbocycles. The largest absolute Gasteiger partial charge is 0.492 e. The second-order valence-electron chi connectivity index (χ2n) is 9.64. The van der Waals surface area contributed by atoms with Gasteiger partial charge in [-0.05, 0) is 68.7 Å². The van der Waals surface area contributed by atoms with Crippen molar-refractivity contribution in [3.05, 3.63) is 52.7 Å². The number of hydrogen-bond donors (Lipinski definition) is 2. The SMILES string of the molecule is C[NH+](C)CCCCC(CCCC[NH+](C)C)COc1cccc2sc3ccccc3c(=O)c12. The van der Waals surface area contributed by atoms with E-state index in [1.54, 1.807) is 11.3 Å². The Hall–Kier alpha value is -1.95. The number of nitrogens with one attached hydrogen (secondary N) is 2. The summed E-state index contributed by atoms with van der Waals surface area (Å²) in [5.41, 5.74) is 0.0874. The summed E-state index contributed by atoms with van der Waals surface area (Å²) in [6.07, 6.45) is 7.40. The van der Waals surface area contributed by atoms with Crippen molar-refractivity contribution in [2.24, 2.45) is 5.92 Å². The van der Waals surface area contributed by atoms with Gasteiger partial charge in [0, 0.05) is 14.8 Å². The fourth-order valence-corrected chi connectivity index (χ4v) is 5.37. The minimum atomic E-state index is 0.0874. The fourth-order valence-electron chi connectivity index (χ4n) is 4.28. The second-order valence-corrected chi connectivity index (χ2v) is 10.7. The van der Waals surface area contributed by atoms with Gasteiger partial charge in [-0.3, -0.25) is 4.79 Å². The number of unbranched alkanes of at least 4 members (excludes halogenated alkanes) is 2. The smallest absolute Gasteiger partial charge is 0.199 e. The van der Waals surface area contributed by atoms with Gasteiger partial charge in [-0.2, -0.15) is 0 Å². The first-order valence-corrected chi connectivity index (χ1v) is 12.9. The van der Waals surface area contributed by atoms with Crippen LogP contribution in [0.1, 0.15) is 38.5 Å². The molecule has 5 heteroatoms. The van der Waals surface area contributed by atoms with E-state index in [1.807, 2.05) is 42.5 Å². The van der Waals surface area contributed by atoms with Crippen molar-refractivity contribution in [1.82, 2.24) is 0 Å². The highest BCUT2D eigenvalue weighted by Crippen LogP contribution is 2.31. The van der Waals surface area contributed by atoms with Crippen LogP contribution in [0.3, 0.4) is 0 Å². The van der Waals surface area contributed by atoms with Crippen molar-refractivity contribution in [1.29, 1.82) is 0 Å². The molecule has 1 aromatic heterocycles. The molecule has 0 unspecified atom stereocenters. The predicted octanol–water partition coefficient (Wildman–Crippen LogP) is 3.04. The molecule has 0 aliphatic heterocycles. The first-order valence-electron chi connectivity index (χ1n) is 12.1. The Morgan fingerprint density at radius 1 is 0.812 bits per heavy atom. The van der Waals surface area contributed by atoms with E-state index in [4.69, 9.17) is 4.74 Å². The number of ether oxygens (including phenoxy) is 1. The van der Waals surface area contributed by atoms with Crippen LogP contribution in [0.15, 0.2) is 47.3 Å². The zero-order chi connectivity index (χ0) is 22.9. The molecule has 0 atom stereocenters. The summed E-state index contributed by atoms with van der Waals surface area (Å²) in [7, 11) is 8.87. The molecule has 1 heterocycles. The lowest BCUT2D eigenvalue weighted by molar-refractivity contribution is -0.858. The first-order chi connectivity index (χ1) is 15.5. The number of benzene rings is 2. The van der Waals surface area contributed by atoms with E-state index in [2.05, 4.69) is 28.2 Å². The molecule has 2 N–H and O–H groups in total. The molecule has 3 aromatic rings. The highest BCUT2D eigenvalue weighted by Gasteiger charge is 2.14. The van der Waals surface area contributed by atoms with Gasteiger partial charge >= 0.3 is 0 Å². The Kier molecular flexibility index (Phi) is 9.51. The molecule has 4 nitrogen and oxygen atoms in total. The van der Waals surface area contributed by atoms with Gasteiger partial charge in [0.2, 0.25) is 0 Å². The van der Waals surface area contributed by atoms with E-state index >= 15 is 0 Å². The summed E-state index contributed by atoms with van der Waals surface area (Å²) in [6, 6.07) is 13.9. The number of quaternary nitrogens is 2. The predicted molar refractivity (Wildman–Crippen MR) is 138 cm³/mol. The monoisotopic (exact) mass is 456 g/mol. The van der Waals surface area contributed by atoms with Gasteiger partial charge in [0.05, 0.1) is 53.3 Å². The molecule has 0 bridgehead atoms. The van der Waals surface area contributed by atoms with E-state index < -0.39 is 0 Å². The summed E-state index contributed by atoms with van der Waals surface area (Å²) in [4.78, 5) is 16.3. The Bertz CT molecular complexity index is 1030. The molecule has 3 rings (SSSR count). The van der Waals surface area contributed by atoms with E-state index in [1.165, 1.54) is 61.4 Å². The second kappa shape index (κ2) is 12.3. The maximum Gasteiger partial charge on any atom is 0.199 e. The molecule has 174 valence electrons. The molecule has 0 spiro atoms. The van der Waals surface area contributed by atoms with Crippen LogP contribution >= 0.6 is 11.3 Å². The minimum absolute atomic E-state index is 0.0874. The summed E-state index contributed by atoms with van der Waals surface area (Å²) in [5.74, 6) is 1.29. The Morgan fingerprint density at radius 3 is 2.09 bits per heavy atom. The van der Waals surface area contributed by atoms with Crippen LogP contribution in [-0.2, 0) is 0 Å². The zero-order valence-electron chi connectivity index (χ0n) is 20.2. The lowest BCUT2D eigenvalue weighted by Crippen LogP contribution is -3.05. The van der Waals surface area contributed by atoms with Gasteiger partial charge in [-0.25, -0.2) is 0 Å². The van der Waals surface area contributed by atoms with Crippen molar-refractivity contribution in [2.45, 2.75) is 38.5 Å². The Morgan fingerprint density at radius 2 is 1.44 bits per heavy atom. The molecule has 32 heavy (non-hydrogen) atoms. The summed E-state index contributed by atoms with van der Waals surface area (Å²) in [6.45, 7) is 3.13. The van der Waals surface area contributed by atoms with Gasteiger partial charge < -0.3 is 14.5 Å². The van der Waals surface area contributed by atoms with Gasteiger partial charge in [0.1, 0.15) is 5.75 Å². The van der Waals surface area contributed by atoms with Crippen LogP contribution < -0.4 is 20.0 Å². The van der Waals surface area contributed by atoms with E-state index in [-0.39, 0.29) is 5.43 Å².